The molecule has 0 bridgehead atoms. The highest BCUT2D eigenvalue weighted by molar-refractivity contribution is 7.99. The molecular weight excluding hydrogens is 368 g/mol. The van der Waals surface area contributed by atoms with Gasteiger partial charge in [0.15, 0.2) is 0 Å². The quantitative estimate of drug-likeness (QED) is 0.483. The third-order valence-electron chi connectivity index (χ3n) is 4.66. The number of carbonyl (C=O) groups is 1. The zero-order chi connectivity index (χ0) is 20.7. The van der Waals surface area contributed by atoms with Gasteiger partial charge < -0.3 is 9.47 Å². The zero-order valence-electron chi connectivity index (χ0n) is 17.5. The van der Waals surface area contributed by atoms with Crippen molar-refractivity contribution < 1.29 is 14.3 Å². The van der Waals surface area contributed by atoms with Gasteiger partial charge in [-0.15, -0.1) is 11.8 Å². The van der Waals surface area contributed by atoms with Crippen molar-refractivity contribution in [3.05, 3.63) is 58.7 Å². The van der Waals surface area contributed by atoms with Crippen molar-refractivity contribution >= 4 is 17.7 Å². The Kier molecular flexibility index (Phi) is 7.60. The van der Waals surface area contributed by atoms with Gasteiger partial charge in [-0.1, -0.05) is 39.5 Å². The van der Waals surface area contributed by atoms with Crippen molar-refractivity contribution in [2.24, 2.45) is 0 Å². The third-order valence-corrected chi connectivity index (χ3v) is 5.73. The van der Waals surface area contributed by atoms with Gasteiger partial charge in [-0.3, -0.25) is 0 Å². The van der Waals surface area contributed by atoms with Crippen molar-refractivity contribution in [3.8, 4) is 17.6 Å². The topological polar surface area (TPSA) is 35.5 Å². The molecule has 0 unspecified atom stereocenters. The molecule has 148 valence electrons. The molecular formula is C24H28O3S. The summed E-state index contributed by atoms with van der Waals surface area (Å²) in [5, 5.41) is 0. The molecule has 2 aromatic rings. The number of hydrogen-bond acceptors (Lipinski definition) is 4. The van der Waals surface area contributed by atoms with Crippen LogP contribution in [0.3, 0.4) is 0 Å². The van der Waals surface area contributed by atoms with Crippen LogP contribution in [-0.2, 0) is 10.2 Å². The standard InChI is InChI=1S/C22H22O3S.C2H6/c1-22(2)11-12-26-20-10-6-15(13-18(20)22)5-7-16-8-9-17(21(23)25-4)14-19(16)24-3;1-2/h6,8-10,13-14H,11-12H2,1-4H3;1-2H3. The van der Waals surface area contributed by atoms with Gasteiger partial charge in [0.25, 0.3) is 0 Å². The molecule has 0 atom stereocenters. The second-order valence-corrected chi connectivity index (χ2v) is 7.99. The second-order valence-electron chi connectivity index (χ2n) is 6.85. The molecule has 3 rings (SSSR count). The average Bonchev–Trinajstić information content (AvgIpc) is 2.73. The molecule has 3 nitrogen and oxygen atoms in total. The van der Waals surface area contributed by atoms with Crippen LogP contribution in [0.4, 0.5) is 0 Å². The van der Waals surface area contributed by atoms with Gasteiger partial charge in [0.05, 0.1) is 25.3 Å². The molecule has 1 aliphatic heterocycles. The summed E-state index contributed by atoms with van der Waals surface area (Å²) in [6, 6.07) is 11.6. The van der Waals surface area contributed by atoms with Gasteiger partial charge in [-0.2, -0.15) is 0 Å². The van der Waals surface area contributed by atoms with Crippen molar-refractivity contribution in [2.75, 3.05) is 20.0 Å². The highest BCUT2D eigenvalue weighted by atomic mass is 32.2. The van der Waals surface area contributed by atoms with Crippen molar-refractivity contribution in [3.63, 3.8) is 0 Å². The van der Waals surface area contributed by atoms with Gasteiger partial charge in [0.1, 0.15) is 5.75 Å². The lowest BCUT2D eigenvalue weighted by atomic mass is 9.81. The van der Waals surface area contributed by atoms with Crippen LogP contribution in [0.5, 0.6) is 5.75 Å². The van der Waals surface area contributed by atoms with Gasteiger partial charge in [0.2, 0.25) is 0 Å². The number of carbonyl (C=O) groups excluding carboxylic acids is 1. The first-order chi connectivity index (χ1) is 13.4. The van der Waals surface area contributed by atoms with Crippen molar-refractivity contribution in [2.45, 2.75) is 44.4 Å². The molecule has 0 saturated carbocycles. The Hall–Kier alpha value is -2.38. The monoisotopic (exact) mass is 396 g/mol. The summed E-state index contributed by atoms with van der Waals surface area (Å²) in [6.07, 6.45) is 1.17. The third kappa shape index (κ3) is 4.91. The Morgan fingerprint density at radius 3 is 2.50 bits per heavy atom. The average molecular weight is 397 g/mol. The van der Waals surface area contributed by atoms with Gasteiger partial charge in [-0.25, -0.2) is 4.79 Å². The number of rotatable bonds is 2. The first-order valence-corrected chi connectivity index (χ1v) is 10.5. The molecule has 0 saturated heterocycles. The fourth-order valence-electron chi connectivity index (χ4n) is 2.99. The normalized spacial score (nSPS) is 13.8. The Balaban J connectivity index is 0.00000136. The Bertz CT molecular complexity index is 904. The van der Waals surface area contributed by atoms with Crippen LogP contribution in [0.15, 0.2) is 41.3 Å². The van der Waals surface area contributed by atoms with Crippen LogP contribution in [0.1, 0.15) is 61.2 Å². The zero-order valence-corrected chi connectivity index (χ0v) is 18.3. The summed E-state index contributed by atoms with van der Waals surface area (Å²) in [4.78, 5) is 13.0. The van der Waals surface area contributed by atoms with Gasteiger partial charge in [-0.05, 0) is 59.6 Å². The molecule has 0 fully saturated rings. The lowest BCUT2D eigenvalue weighted by Gasteiger charge is -2.32. The molecule has 1 heterocycles. The summed E-state index contributed by atoms with van der Waals surface area (Å²) < 4.78 is 10.1. The van der Waals surface area contributed by atoms with Gasteiger partial charge >= 0.3 is 5.97 Å². The molecule has 1 aliphatic rings. The van der Waals surface area contributed by atoms with E-state index in [0.29, 0.717) is 11.3 Å². The van der Waals surface area contributed by atoms with E-state index in [4.69, 9.17) is 9.47 Å². The summed E-state index contributed by atoms with van der Waals surface area (Å²) in [5.41, 5.74) is 3.72. The molecule has 28 heavy (non-hydrogen) atoms. The number of fused-ring (bicyclic) bond motifs is 1. The lowest BCUT2D eigenvalue weighted by Crippen LogP contribution is -2.22. The van der Waals surface area contributed by atoms with E-state index in [9.17, 15) is 4.79 Å². The van der Waals surface area contributed by atoms with Crippen LogP contribution in [-0.4, -0.2) is 25.9 Å². The number of ether oxygens (including phenoxy) is 2. The minimum absolute atomic E-state index is 0.179. The molecule has 2 aromatic carbocycles. The molecule has 0 aliphatic carbocycles. The SMILES string of the molecule is CC.COC(=O)c1ccc(C#Cc2ccc3c(c2)C(C)(C)CCS3)c(OC)c1. The Morgan fingerprint density at radius 2 is 1.82 bits per heavy atom. The van der Waals surface area contributed by atoms with Crippen molar-refractivity contribution in [1.82, 2.24) is 0 Å². The predicted molar refractivity (Wildman–Crippen MR) is 116 cm³/mol. The summed E-state index contributed by atoms with van der Waals surface area (Å²) >= 11 is 1.91. The van der Waals surface area contributed by atoms with E-state index in [0.717, 1.165) is 16.9 Å². The lowest BCUT2D eigenvalue weighted by molar-refractivity contribution is 0.0600. The number of hydrogen-bond donors (Lipinski definition) is 0. The van der Waals surface area contributed by atoms with E-state index in [1.165, 1.54) is 24.0 Å². The largest absolute Gasteiger partial charge is 0.495 e. The maximum atomic E-state index is 11.7. The highest BCUT2D eigenvalue weighted by Crippen LogP contribution is 2.41. The number of benzene rings is 2. The second kappa shape index (κ2) is 9.71. The smallest absolute Gasteiger partial charge is 0.337 e. The highest BCUT2D eigenvalue weighted by Gasteiger charge is 2.27. The number of thioether (sulfide) groups is 1. The molecule has 0 amide bonds. The van der Waals surface area contributed by atoms with Crippen LogP contribution >= 0.6 is 11.8 Å². The van der Waals surface area contributed by atoms with Crippen LogP contribution in [0.25, 0.3) is 0 Å². The fraction of sp³-hybridized carbons (Fsp3) is 0.375. The molecule has 0 aromatic heterocycles. The molecule has 0 N–H and O–H groups in total. The first kappa shape index (κ1) is 21.9. The van der Waals surface area contributed by atoms with E-state index in [2.05, 4.69) is 43.9 Å². The van der Waals surface area contributed by atoms with E-state index < -0.39 is 5.97 Å². The Labute approximate surface area is 172 Å². The van der Waals surface area contributed by atoms with E-state index in [1.54, 1.807) is 25.3 Å². The summed E-state index contributed by atoms with van der Waals surface area (Å²) in [6.45, 7) is 8.58. The minimum atomic E-state index is -0.391. The van der Waals surface area contributed by atoms with Crippen molar-refractivity contribution in [1.29, 1.82) is 0 Å². The molecule has 4 heteroatoms. The Morgan fingerprint density at radius 1 is 1.07 bits per heavy atom. The number of esters is 1. The minimum Gasteiger partial charge on any atom is -0.495 e. The molecule has 0 spiro atoms. The van der Waals surface area contributed by atoms with Gasteiger partial charge in [0, 0.05) is 10.5 Å². The predicted octanol–water partition coefficient (Wildman–Crippen LogP) is 5.68. The summed E-state index contributed by atoms with van der Waals surface area (Å²) in [5.74, 6) is 7.73. The van der Waals surface area contributed by atoms with E-state index in [1.807, 2.05) is 25.6 Å². The molecule has 0 radical (unpaired) electrons. The van der Waals surface area contributed by atoms with Crippen LogP contribution < -0.4 is 4.74 Å². The maximum absolute atomic E-state index is 11.7. The van der Waals surface area contributed by atoms with E-state index >= 15 is 0 Å². The van der Waals surface area contributed by atoms with Crippen LogP contribution in [0, 0.1) is 11.8 Å². The summed E-state index contributed by atoms with van der Waals surface area (Å²) in [7, 11) is 2.93. The van der Waals surface area contributed by atoms with Crippen LogP contribution in [0.2, 0.25) is 0 Å². The number of methoxy groups -OCH3 is 2. The maximum Gasteiger partial charge on any atom is 0.337 e. The fourth-order valence-corrected chi connectivity index (χ4v) is 4.48. The first-order valence-electron chi connectivity index (χ1n) is 9.50. The van der Waals surface area contributed by atoms with E-state index in [-0.39, 0.29) is 5.41 Å².